The molecular weight excluding hydrogens is 287 g/mol. The topological polar surface area (TPSA) is 89.7 Å². The fraction of sp³-hybridized carbons (Fsp3) is 0.417. The van der Waals surface area contributed by atoms with Crippen LogP contribution in [0.3, 0.4) is 0 Å². The number of nitrogen functional groups attached to an aromatic ring is 1. The van der Waals surface area contributed by atoms with Crippen LogP contribution in [0, 0.1) is 12.7 Å². The molecule has 112 valence electrons. The van der Waals surface area contributed by atoms with Gasteiger partial charge in [-0.2, -0.15) is 4.31 Å². The molecule has 0 aliphatic heterocycles. The van der Waals surface area contributed by atoms with Crippen LogP contribution in [0.5, 0.6) is 0 Å². The number of nitrogens with two attached hydrogens (primary N) is 1. The SMILES string of the molecule is CCOC(=O)CN(C)S(=O)(=O)c1cc(N)c(C)c(F)c1. The lowest BCUT2D eigenvalue weighted by molar-refractivity contribution is -0.143. The molecule has 2 N–H and O–H groups in total. The number of halogens is 1. The first kappa shape index (κ1) is 16.4. The molecule has 1 rings (SSSR count). The maximum absolute atomic E-state index is 13.6. The Morgan fingerprint density at radius 1 is 1.45 bits per heavy atom. The highest BCUT2D eigenvalue weighted by molar-refractivity contribution is 7.89. The largest absolute Gasteiger partial charge is 0.465 e. The number of hydrogen-bond acceptors (Lipinski definition) is 5. The van der Waals surface area contributed by atoms with Crippen molar-refractivity contribution in [3.63, 3.8) is 0 Å². The summed E-state index contributed by atoms with van der Waals surface area (Å²) in [6.07, 6.45) is 0. The van der Waals surface area contributed by atoms with E-state index in [1.54, 1.807) is 6.92 Å². The number of anilines is 1. The number of rotatable bonds is 5. The number of nitrogens with zero attached hydrogens (tertiary/aromatic N) is 1. The molecule has 0 aromatic heterocycles. The molecule has 1 aromatic carbocycles. The van der Waals surface area contributed by atoms with Gasteiger partial charge in [0, 0.05) is 18.3 Å². The van der Waals surface area contributed by atoms with E-state index in [1.807, 2.05) is 0 Å². The molecule has 0 fully saturated rings. The third-order valence-corrected chi connectivity index (χ3v) is 4.50. The molecule has 6 nitrogen and oxygen atoms in total. The molecule has 0 radical (unpaired) electrons. The first-order chi connectivity index (χ1) is 9.20. The van der Waals surface area contributed by atoms with E-state index >= 15 is 0 Å². The molecular formula is C12H17FN2O4S. The molecule has 0 unspecified atom stereocenters. The van der Waals surface area contributed by atoms with Crippen molar-refractivity contribution in [1.82, 2.24) is 4.31 Å². The molecule has 0 saturated carbocycles. The first-order valence-corrected chi connectivity index (χ1v) is 7.31. The number of carbonyl (C=O) groups is 1. The maximum atomic E-state index is 13.6. The Balaban J connectivity index is 3.07. The third-order valence-electron chi connectivity index (χ3n) is 2.72. The van der Waals surface area contributed by atoms with Gasteiger partial charge < -0.3 is 10.5 Å². The minimum absolute atomic E-state index is 0.0353. The second-order valence-electron chi connectivity index (χ2n) is 4.19. The molecule has 0 amide bonds. The maximum Gasteiger partial charge on any atom is 0.321 e. The van der Waals surface area contributed by atoms with Crippen molar-refractivity contribution in [3.8, 4) is 0 Å². The van der Waals surface area contributed by atoms with Gasteiger partial charge in [-0.3, -0.25) is 4.79 Å². The van der Waals surface area contributed by atoms with Crippen LogP contribution in [-0.2, 0) is 19.6 Å². The van der Waals surface area contributed by atoms with E-state index in [2.05, 4.69) is 4.74 Å². The number of esters is 1. The summed E-state index contributed by atoms with van der Waals surface area (Å²) >= 11 is 0. The molecule has 8 heteroatoms. The molecule has 0 heterocycles. The van der Waals surface area contributed by atoms with E-state index in [9.17, 15) is 17.6 Å². The highest BCUT2D eigenvalue weighted by Crippen LogP contribution is 2.23. The molecule has 0 aliphatic carbocycles. The molecule has 1 aromatic rings. The summed E-state index contributed by atoms with van der Waals surface area (Å²) in [5, 5.41) is 0. The number of carbonyl (C=O) groups excluding carboxylic acids is 1. The summed E-state index contributed by atoms with van der Waals surface area (Å²) in [6.45, 7) is 2.76. The average Bonchev–Trinajstić information content (AvgIpc) is 2.35. The Bertz CT molecular complexity index is 593. The standard InChI is InChI=1S/C12H17FN2O4S/c1-4-19-12(16)7-15(3)20(17,18)9-5-10(13)8(2)11(14)6-9/h5-6H,4,7,14H2,1-3H3. The second-order valence-corrected chi connectivity index (χ2v) is 6.23. The van der Waals surface area contributed by atoms with Crippen LogP contribution in [0.1, 0.15) is 12.5 Å². The zero-order chi connectivity index (χ0) is 15.5. The van der Waals surface area contributed by atoms with Crippen LogP contribution in [-0.4, -0.2) is 38.9 Å². The third kappa shape index (κ3) is 3.45. The lowest BCUT2D eigenvalue weighted by Gasteiger charge is -2.17. The van der Waals surface area contributed by atoms with Crippen molar-refractivity contribution in [1.29, 1.82) is 0 Å². The highest BCUT2D eigenvalue weighted by Gasteiger charge is 2.25. The minimum atomic E-state index is -4.00. The summed E-state index contributed by atoms with van der Waals surface area (Å²) in [5.41, 5.74) is 5.77. The van der Waals surface area contributed by atoms with E-state index in [0.29, 0.717) is 0 Å². The van der Waals surface area contributed by atoms with Gasteiger partial charge in [0.2, 0.25) is 10.0 Å². The monoisotopic (exact) mass is 304 g/mol. The van der Waals surface area contributed by atoms with Crippen LogP contribution < -0.4 is 5.73 Å². The van der Waals surface area contributed by atoms with Gasteiger partial charge in [-0.25, -0.2) is 12.8 Å². The molecule has 0 aliphatic rings. The Hall–Kier alpha value is -1.67. The predicted octanol–water partition coefficient (Wildman–Crippen LogP) is 0.900. The summed E-state index contributed by atoms with van der Waals surface area (Å²) in [7, 11) is -2.79. The van der Waals surface area contributed by atoms with Crippen LogP contribution in [0.25, 0.3) is 0 Å². The van der Waals surface area contributed by atoms with Gasteiger partial charge in [0.15, 0.2) is 0 Å². The number of ether oxygens (including phenoxy) is 1. The molecule has 20 heavy (non-hydrogen) atoms. The van der Waals surface area contributed by atoms with Crippen molar-refractivity contribution in [2.45, 2.75) is 18.7 Å². The van der Waals surface area contributed by atoms with Gasteiger partial charge >= 0.3 is 5.97 Å². The molecule has 0 saturated heterocycles. The lowest BCUT2D eigenvalue weighted by Crippen LogP contribution is -2.33. The zero-order valence-electron chi connectivity index (χ0n) is 11.5. The van der Waals surface area contributed by atoms with Crippen molar-refractivity contribution < 1.29 is 22.3 Å². The van der Waals surface area contributed by atoms with Crippen molar-refractivity contribution in [2.75, 3.05) is 25.9 Å². The van der Waals surface area contributed by atoms with Gasteiger partial charge in [0.05, 0.1) is 11.5 Å². The molecule has 0 bridgehead atoms. The Morgan fingerprint density at radius 2 is 2.05 bits per heavy atom. The number of benzene rings is 1. The van der Waals surface area contributed by atoms with Gasteiger partial charge in [0.25, 0.3) is 0 Å². The van der Waals surface area contributed by atoms with E-state index < -0.39 is 28.4 Å². The van der Waals surface area contributed by atoms with E-state index in [4.69, 9.17) is 5.73 Å². The van der Waals surface area contributed by atoms with Gasteiger partial charge in [-0.05, 0) is 26.0 Å². The Kier molecular flexibility index (Phi) is 5.07. The van der Waals surface area contributed by atoms with E-state index in [-0.39, 0.29) is 22.8 Å². The summed E-state index contributed by atoms with van der Waals surface area (Å²) in [4.78, 5) is 11.0. The normalized spacial score (nSPS) is 11.7. The minimum Gasteiger partial charge on any atom is -0.465 e. The number of likely N-dealkylation sites (N-methyl/N-ethyl adjacent to an activating group) is 1. The summed E-state index contributed by atoms with van der Waals surface area (Å²) in [5.74, 6) is -1.40. The highest BCUT2D eigenvalue weighted by atomic mass is 32.2. The van der Waals surface area contributed by atoms with E-state index in [0.717, 1.165) is 16.4 Å². The van der Waals surface area contributed by atoms with Gasteiger partial charge in [-0.15, -0.1) is 0 Å². The van der Waals surface area contributed by atoms with Crippen LogP contribution in [0.4, 0.5) is 10.1 Å². The van der Waals surface area contributed by atoms with Crippen LogP contribution >= 0.6 is 0 Å². The first-order valence-electron chi connectivity index (χ1n) is 5.87. The average molecular weight is 304 g/mol. The van der Waals surface area contributed by atoms with E-state index in [1.165, 1.54) is 14.0 Å². The van der Waals surface area contributed by atoms with Crippen molar-refractivity contribution >= 4 is 21.7 Å². The van der Waals surface area contributed by atoms with Gasteiger partial charge in [0.1, 0.15) is 12.4 Å². The van der Waals surface area contributed by atoms with Gasteiger partial charge in [-0.1, -0.05) is 0 Å². The molecule has 0 spiro atoms. The zero-order valence-corrected chi connectivity index (χ0v) is 12.3. The summed E-state index contributed by atoms with van der Waals surface area (Å²) < 4.78 is 43.4. The van der Waals surface area contributed by atoms with Crippen LogP contribution in [0.15, 0.2) is 17.0 Å². The second kappa shape index (κ2) is 6.19. The predicted molar refractivity (Wildman–Crippen MR) is 72.0 cm³/mol. The Labute approximate surface area is 117 Å². The van der Waals surface area contributed by atoms with Crippen molar-refractivity contribution in [2.24, 2.45) is 0 Å². The lowest BCUT2D eigenvalue weighted by atomic mass is 10.2. The fourth-order valence-corrected chi connectivity index (χ4v) is 2.64. The number of sulfonamides is 1. The smallest absolute Gasteiger partial charge is 0.321 e. The molecule has 0 atom stereocenters. The number of hydrogen-bond donors (Lipinski definition) is 1. The van der Waals surface area contributed by atoms with Crippen molar-refractivity contribution in [3.05, 3.63) is 23.5 Å². The Morgan fingerprint density at radius 3 is 2.55 bits per heavy atom. The quantitative estimate of drug-likeness (QED) is 0.645. The van der Waals surface area contributed by atoms with Crippen LogP contribution in [0.2, 0.25) is 0 Å². The fourth-order valence-electron chi connectivity index (χ4n) is 1.48. The summed E-state index contributed by atoms with van der Waals surface area (Å²) in [6, 6.07) is 2.04.